The average Bonchev–Trinajstić information content (AvgIpc) is 3.21. The van der Waals surface area contributed by atoms with Gasteiger partial charge in [-0.05, 0) is 61.9 Å². The summed E-state index contributed by atoms with van der Waals surface area (Å²) in [6.07, 6.45) is 4.02. The second-order valence-corrected chi connectivity index (χ2v) is 9.63. The van der Waals surface area contributed by atoms with E-state index in [-0.39, 0.29) is 17.3 Å². The molecule has 0 atom stereocenters. The number of benzene rings is 2. The molecule has 7 nitrogen and oxygen atoms in total. The number of methoxy groups -OCH3 is 1. The summed E-state index contributed by atoms with van der Waals surface area (Å²) in [6.45, 7) is 1.96. The molecule has 2 aromatic carbocycles. The molecule has 8 heteroatoms. The molecule has 0 amide bonds. The maximum Gasteiger partial charge on any atom is 0.246 e. The van der Waals surface area contributed by atoms with E-state index in [4.69, 9.17) is 9.26 Å². The minimum Gasteiger partial charge on any atom is -0.495 e. The number of rotatable bonds is 6. The molecule has 4 rings (SSSR count). The van der Waals surface area contributed by atoms with E-state index >= 15 is 0 Å². The number of nitrogens with zero attached hydrogens (tertiary/aromatic N) is 3. The van der Waals surface area contributed by atoms with Crippen LogP contribution in [0, 0.1) is 6.92 Å². The largest absolute Gasteiger partial charge is 0.495 e. The minimum atomic E-state index is -3.79. The van der Waals surface area contributed by atoms with Crippen LogP contribution in [0.4, 0.5) is 0 Å². The molecule has 30 heavy (non-hydrogen) atoms. The fourth-order valence-electron chi connectivity index (χ4n) is 3.77. The van der Waals surface area contributed by atoms with E-state index in [1.807, 2.05) is 37.3 Å². The lowest BCUT2D eigenvalue weighted by Crippen LogP contribution is -2.27. The van der Waals surface area contributed by atoms with Gasteiger partial charge in [0.1, 0.15) is 10.6 Å². The van der Waals surface area contributed by atoms with E-state index in [1.165, 1.54) is 24.0 Å². The van der Waals surface area contributed by atoms with Gasteiger partial charge in [-0.25, -0.2) is 8.42 Å². The highest BCUT2D eigenvalue weighted by molar-refractivity contribution is 7.89. The Morgan fingerprint density at radius 3 is 2.57 bits per heavy atom. The van der Waals surface area contributed by atoms with Crippen LogP contribution < -0.4 is 4.74 Å². The first kappa shape index (κ1) is 20.6. The Morgan fingerprint density at radius 2 is 1.87 bits per heavy atom. The lowest BCUT2D eigenvalue weighted by Gasteiger charge is -2.22. The van der Waals surface area contributed by atoms with Gasteiger partial charge in [-0.1, -0.05) is 28.9 Å². The highest BCUT2D eigenvalue weighted by atomic mass is 32.2. The Hall–Kier alpha value is -2.71. The van der Waals surface area contributed by atoms with Crippen molar-refractivity contribution < 1.29 is 17.7 Å². The predicted molar refractivity (Wildman–Crippen MR) is 113 cm³/mol. The summed E-state index contributed by atoms with van der Waals surface area (Å²) in [5.41, 5.74) is 4.15. The number of aryl methyl sites for hydroxylation is 3. The summed E-state index contributed by atoms with van der Waals surface area (Å²) in [4.78, 5) is 4.54. The minimum absolute atomic E-state index is 0.0264. The van der Waals surface area contributed by atoms with E-state index < -0.39 is 10.0 Å². The highest BCUT2D eigenvalue weighted by Gasteiger charge is 2.28. The quantitative estimate of drug-likeness (QED) is 0.596. The van der Waals surface area contributed by atoms with Crippen molar-refractivity contribution in [2.75, 3.05) is 14.2 Å². The summed E-state index contributed by atoms with van der Waals surface area (Å²) < 4.78 is 38.5. The van der Waals surface area contributed by atoms with E-state index in [2.05, 4.69) is 10.1 Å². The number of hydrogen-bond acceptors (Lipinski definition) is 6. The van der Waals surface area contributed by atoms with Crippen LogP contribution in [0.2, 0.25) is 0 Å². The second-order valence-electron chi connectivity index (χ2n) is 7.62. The standard InChI is InChI=1S/C22H25N3O4S/c1-15-7-6-10-18(11-15)22-23-21(29-24-22)14-25(2)30(26,27)20-13-17-9-5-4-8-16(17)12-19(20)28-3/h6-7,10-13H,4-5,8-9,14H2,1-3H3. The van der Waals surface area contributed by atoms with Gasteiger partial charge in [0, 0.05) is 12.6 Å². The van der Waals surface area contributed by atoms with Crippen LogP contribution in [0.5, 0.6) is 5.75 Å². The van der Waals surface area contributed by atoms with E-state index in [0.717, 1.165) is 42.4 Å². The zero-order chi connectivity index (χ0) is 21.3. The molecule has 0 N–H and O–H groups in total. The number of ether oxygens (including phenoxy) is 1. The lowest BCUT2D eigenvalue weighted by atomic mass is 9.92. The molecule has 0 fully saturated rings. The van der Waals surface area contributed by atoms with Crippen LogP contribution in [0.3, 0.4) is 0 Å². The molecule has 1 aromatic heterocycles. The van der Waals surface area contributed by atoms with Crippen molar-refractivity contribution in [1.82, 2.24) is 14.4 Å². The fourth-order valence-corrected chi connectivity index (χ4v) is 5.07. The number of sulfonamides is 1. The second kappa shape index (κ2) is 8.20. The molecule has 1 aliphatic carbocycles. The smallest absolute Gasteiger partial charge is 0.246 e. The van der Waals surface area contributed by atoms with Crippen LogP contribution in [-0.4, -0.2) is 37.0 Å². The molecule has 0 radical (unpaired) electrons. The number of aromatic nitrogens is 2. The van der Waals surface area contributed by atoms with Gasteiger partial charge >= 0.3 is 0 Å². The molecule has 0 spiro atoms. The van der Waals surface area contributed by atoms with Gasteiger partial charge < -0.3 is 9.26 Å². The normalized spacial score (nSPS) is 14.0. The summed E-state index contributed by atoms with van der Waals surface area (Å²) in [5, 5.41) is 3.99. The first-order chi connectivity index (χ1) is 14.4. The number of hydrogen-bond donors (Lipinski definition) is 0. The van der Waals surface area contributed by atoms with Gasteiger partial charge in [-0.15, -0.1) is 0 Å². The van der Waals surface area contributed by atoms with E-state index in [9.17, 15) is 8.42 Å². The molecule has 158 valence electrons. The zero-order valence-corrected chi connectivity index (χ0v) is 18.2. The van der Waals surface area contributed by atoms with Gasteiger partial charge in [-0.2, -0.15) is 9.29 Å². The molecule has 0 unspecified atom stereocenters. The Labute approximate surface area is 176 Å². The van der Waals surface area contributed by atoms with Crippen molar-refractivity contribution in [1.29, 1.82) is 0 Å². The summed E-state index contributed by atoms with van der Waals surface area (Å²) in [6, 6.07) is 11.4. The highest BCUT2D eigenvalue weighted by Crippen LogP contribution is 2.33. The first-order valence-corrected chi connectivity index (χ1v) is 11.4. The van der Waals surface area contributed by atoms with Gasteiger partial charge in [0.15, 0.2) is 0 Å². The first-order valence-electron chi connectivity index (χ1n) is 9.94. The van der Waals surface area contributed by atoms with Crippen molar-refractivity contribution in [2.45, 2.75) is 44.0 Å². The predicted octanol–water partition coefficient (Wildman–Crippen LogP) is 3.75. The third kappa shape index (κ3) is 3.97. The molecule has 0 bridgehead atoms. The SMILES string of the molecule is COc1cc2c(cc1S(=O)(=O)N(C)Cc1nc(-c3cccc(C)c3)no1)CCCC2. The third-order valence-corrected chi connectivity index (χ3v) is 7.24. The molecular weight excluding hydrogens is 402 g/mol. The van der Waals surface area contributed by atoms with Gasteiger partial charge in [-0.3, -0.25) is 0 Å². The van der Waals surface area contributed by atoms with Crippen LogP contribution in [0.25, 0.3) is 11.4 Å². The topological polar surface area (TPSA) is 85.5 Å². The average molecular weight is 428 g/mol. The Morgan fingerprint density at radius 1 is 1.13 bits per heavy atom. The maximum atomic E-state index is 13.3. The van der Waals surface area contributed by atoms with Crippen molar-refractivity contribution >= 4 is 10.0 Å². The Bertz CT molecular complexity index is 1170. The fraction of sp³-hybridized carbons (Fsp3) is 0.364. The van der Waals surface area contributed by atoms with Crippen molar-refractivity contribution in [3.8, 4) is 17.1 Å². The monoisotopic (exact) mass is 427 g/mol. The summed E-state index contributed by atoms with van der Waals surface area (Å²) >= 11 is 0. The Balaban J connectivity index is 1.60. The molecule has 1 heterocycles. The van der Waals surface area contributed by atoms with Crippen molar-refractivity contribution in [3.05, 3.63) is 59.0 Å². The van der Waals surface area contributed by atoms with Crippen LogP contribution >= 0.6 is 0 Å². The zero-order valence-electron chi connectivity index (χ0n) is 17.4. The molecule has 0 saturated heterocycles. The number of fused-ring (bicyclic) bond motifs is 1. The van der Waals surface area contributed by atoms with Crippen LogP contribution in [-0.2, 0) is 29.4 Å². The molecule has 1 aliphatic rings. The van der Waals surface area contributed by atoms with Crippen LogP contribution in [0.15, 0.2) is 45.8 Å². The summed E-state index contributed by atoms with van der Waals surface area (Å²) in [7, 11) is -0.794. The van der Waals surface area contributed by atoms with Gasteiger partial charge in [0.2, 0.25) is 21.7 Å². The molecule has 3 aromatic rings. The van der Waals surface area contributed by atoms with Gasteiger partial charge in [0.05, 0.1) is 13.7 Å². The van der Waals surface area contributed by atoms with Gasteiger partial charge in [0.25, 0.3) is 0 Å². The third-order valence-electron chi connectivity index (χ3n) is 5.42. The summed E-state index contributed by atoms with van der Waals surface area (Å²) in [5.74, 6) is 1.04. The molecule has 0 aliphatic heterocycles. The van der Waals surface area contributed by atoms with Crippen molar-refractivity contribution in [2.24, 2.45) is 0 Å². The van der Waals surface area contributed by atoms with Crippen molar-refractivity contribution in [3.63, 3.8) is 0 Å². The lowest BCUT2D eigenvalue weighted by molar-refractivity contribution is 0.335. The molecule has 0 saturated carbocycles. The Kier molecular flexibility index (Phi) is 5.62. The maximum absolute atomic E-state index is 13.3. The van der Waals surface area contributed by atoms with E-state index in [0.29, 0.717) is 11.6 Å². The molecular formula is C22H25N3O4S. The van der Waals surface area contributed by atoms with E-state index in [1.54, 1.807) is 6.07 Å². The van der Waals surface area contributed by atoms with Crippen LogP contribution in [0.1, 0.15) is 35.4 Å².